The summed E-state index contributed by atoms with van der Waals surface area (Å²) in [4.78, 5) is 2.10. The van der Waals surface area contributed by atoms with Gasteiger partial charge >= 0.3 is 0 Å². The lowest BCUT2D eigenvalue weighted by atomic mass is 10.1. The minimum atomic E-state index is -3.33. The molecule has 2 aliphatic rings. The zero-order valence-corrected chi connectivity index (χ0v) is 13.3. The number of hydrogen-bond donors (Lipinski definition) is 0. The highest BCUT2D eigenvalue weighted by Gasteiger charge is 2.39. The predicted molar refractivity (Wildman–Crippen MR) is 77.6 cm³/mol. The molecule has 0 aromatic rings. The molecule has 2 rings (SSSR count). The molecule has 0 aliphatic carbocycles. The first-order chi connectivity index (χ1) is 8.96. The van der Waals surface area contributed by atoms with Crippen molar-refractivity contribution in [3.63, 3.8) is 0 Å². The molecule has 0 N–H and O–H groups in total. The number of alkyl halides is 1. The Kier molecular flexibility index (Phi) is 5.11. The third-order valence-electron chi connectivity index (χ3n) is 4.23. The quantitative estimate of drug-likeness (QED) is 0.727. The summed E-state index contributed by atoms with van der Waals surface area (Å²) in [6, 6.07) is 0.299. The Morgan fingerprint density at radius 1 is 1.21 bits per heavy atom. The van der Waals surface area contributed by atoms with E-state index in [4.69, 9.17) is 11.6 Å². The highest BCUT2D eigenvalue weighted by Crippen LogP contribution is 2.26. The minimum Gasteiger partial charge on any atom is -0.305 e. The van der Waals surface area contributed by atoms with Gasteiger partial charge in [0.05, 0.1) is 0 Å². The van der Waals surface area contributed by atoms with E-state index in [0.717, 1.165) is 25.7 Å². The molecule has 0 saturated carbocycles. The summed E-state index contributed by atoms with van der Waals surface area (Å²) in [6.45, 7) is 1.83. The number of halogens is 1. The van der Waals surface area contributed by atoms with E-state index in [1.165, 1.54) is 0 Å². The van der Waals surface area contributed by atoms with Crippen molar-refractivity contribution in [1.82, 2.24) is 13.5 Å². The first-order valence-corrected chi connectivity index (χ1v) is 8.89. The molecule has 112 valence electrons. The molecule has 2 unspecified atom stereocenters. The van der Waals surface area contributed by atoms with E-state index in [1.807, 2.05) is 14.1 Å². The van der Waals surface area contributed by atoms with E-state index in [2.05, 4.69) is 4.90 Å². The summed E-state index contributed by atoms with van der Waals surface area (Å²) >= 11 is 5.93. The smallest absolute Gasteiger partial charge is 0.282 e. The molecule has 2 atom stereocenters. The highest BCUT2D eigenvalue weighted by molar-refractivity contribution is 7.86. The summed E-state index contributed by atoms with van der Waals surface area (Å²) in [6.07, 6.45) is 3.81. The fourth-order valence-electron chi connectivity index (χ4n) is 2.92. The second-order valence-corrected chi connectivity index (χ2v) is 7.88. The van der Waals surface area contributed by atoms with Gasteiger partial charge < -0.3 is 4.90 Å². The summed E-state index contributed by atoms with van der Waals surface area (Å²) < 4.78 is 28.7. The van der Waals surface area contributed by atoms with Crippen LogP contribution >= 0.6 is 11.6 Å². The van der Waals surface area contributed by atoms with E-state index < -0.39 is 10.2 Å². The van der Waals surface area contributed by atoms with Crippen LogP contribution in [0.3, 0.4) is 0 Å². The van der Waals surface area contributed by atoms with E-state index >= 15 is 0 Å². The molecule has 2 saturated heterocycles. The Labute approximate surface area is 121 Å². The first-order valence-electron chi connectivity index (χ1n) is 6.96. The van der Waals surface area contributed by atoms with Gasteiger partial charge in [0, 0.05) is 37.6 Å². The second kappa shape index (κ2) is 6.26. The van der Waals surface area contributed by atoms with Crippen LogP contribution in [0, 0.1) is 0 Å². The lowest BCUT2D eigenvalue weighted by molar-refractivity contribution is 0.247. The predicted octanol–water partition coefficient (Wildman–Crippen LogP) is 0.960. The molecule has 0 radical (unpaired) electrons. The molecule has 0 amide bonds. The zero-order chi connectivity index (χ0) is 14.0. The maximum Gasteiger partial charge on any atom is 0.282 e. The van der Waals surface area contributed by atoms with Gasteiger partial charge in [-0.2, -0.15) is 17.0 Å². The van der Waals surface area contributed by atoms with Crippen LogP contribution in [-0.2, 0) is 10.2 Å². The molecule has 0 aromatic heterocycles. The number of nitrogens with zero attached hydrogens (tertiary/aromatic N) is 3. The van der Waals surface area contributed by atoms with Crippen molar-refractivity contribution >= 4 is 21.8 Å². The number of piperidine rings is 1. The Bertz CT molecular complexity index is 402. The van der Waals surface area contributed by atoms with Gasteiger partial charge in [0.25, 0.3) is 10.2 Å². The highest BCUT2D eigenvalue weighted by atomic mass is 35.5. The van der Waals surface area contributed by atoms with Gasteiger partial charge in [-0.25, -0.2) is 0 Å². The first kappa shape index (κ1) is 15.5. The maximum atomic E-state index is 12.7. The van der Waals surface area contributed by atoms with Crippen molar-refractivity contribution in [2.24, 2.45) is 0 Å². The molecule has 0 spiro atoms. The van der Waals surface area contributed by atoms with Crippen LogP contribution in [0.1, 0.15) is 25.7 Å². The molecular weight excluding hydrogens is 286 g/mol. The van der Waals surface area contributed by atoms with Crippen LogP contribution in [0.2, 0.25) is 0 Å². The Morgan fingerprint density at radius 2 is 1.95 bits per heavy atom. The SMILES string of the molecule is CN(C)C1CCN(S(=O)(=O)N2CCCCC2CCl)C1. The molecule has 0 bridgehead atoms. The van der Waals surface area contributed by atoms with Crippen molar-refractivity contribution < 1.29 is 8.42 Å². The van der Waals surface area contributed by atoms with Gasteiger partial charge in [0.1, 0.15) is 0 Å². The van der Waals surface area contributed by atoms with Crippen molar-refractivity contribution in [3.8, 4) is 0 Å². The summed E-state index contributed by atoms with van der Waals surface area (Å²) in [7, 11) is 0.673. The molecule has 0 aromatic carbocycles. The van der Waals surface area contributed by atoms with E-state index in [0.29, 0.717) is 31.6 Å². The monoisotopic (exact) mass is 309 g/mol. The van der Waals surface area contributed by atoms with E-state index in [1.54, 1.807) is 8.61 Å². The van der Waals surface area contributed by atoms with Crippen molar-refractivity contribution in [3.05, 3.63) is 0 Å². The topological polar surface area (TPSA) is 43.9 Å². The van der Waals surface area contributed by atoms with Gasteiger partial charge in [-0.3, -0.25) is 0 Å². The number of rotatable bonds is 4. The minimum absolute atomic E-state index is 0.0289. The van der Waals surface area contributed by atoms with Gasteiger partial charge in [-0.15, -0.1) is 11.6 Å². The van der Waals surface area contributed by atoms with Crippen LogP contribution < -0.4 is 0 Å². The Hall–Kier alpha value is 0.120. The van der Waals surface area contributed by atoms with Crippen molar-refractivity contribution in [2.75, 3.05) is 39.6 Å². The lowest BCUT2D eigenvalue weighted by Crippen LogP contribution is -2.51. The van der Waals surface area contributed by atoms with Crippen LogP contribution in [0.4, 0.5) is 0 Å². The molecule has 2 heterocycles. The maximum absolute atomic E-state index is 12.7. The van der Waals surface area contributed by atoms with Crippen molar-refractivity contribution in [2.45, 2.75) is 37.8 Å². The fraction of sp³-hybridized carbons (Fsp3) is 1.00. The average Bonchev–Trinajstić information content (AvgIpc) is 2.89. The van der Waals surface area contributed by atoms with Crippen LogP contribution in [-0.4, -0.2) is 73.6 Å². The molecular formula is C12H24ClN3O2S. The zero-order valence-electron chi connectivity index (χ0n) is 11.8. The Morgan fingerprint density at radius 3 is 2.53 bits per heavy atom. The molecule has 2 aliphatic heterocycles. The van der Waals surface area contributed by atoms with Gasteiger partial charge in [0.15, 0.2) is 0 Å². The third-order valence-corrected chi connectivity index (χ3v) is 6.64. The molecule has 19 heavy (non-hydrogen) atoms. The number of hydrogen-bond acceptors (Lipinski definition) is 3. The lowest BCUT2D eigenvalue weighted by Gasteiger charge is -2.36. The third kappa shape index (κ3) is 3.24. The largest absolute Gasteiger partial charge is 0.305 e. The average molecular weight is 310 g/mol. The van der Waals surface area contributed by atoms with Gasteiger partial charge in [-0.1, -0.05) is 6.42 Å². The van der Waals surface area contributed by atoms with Crippen LogP contribution in [0.15, 0.2) is 0 Å². The molecule has 7 heteroatoms. The normalized spacial score (nSPS) is 31.2. The van der Waals surface area contributed by atoms with Crippen LogP contribution in [0.5, 0.6) is 0 Å². The fourth-order valence-corrected chi connectivity index (χ4v) is 5.23. The van der Waals surface area contributed by atoms with Crippen LogP contribution in [0.25, 0.3) is 0 Å². The molecule has 2 fully saturated rings. The van der Waals surface area contributed by atoms with E-state index in [9.17, 15) is 8.42 Å². The van der Waals surface area contributed by atoms with Crippen molar-refractivity contribution in [1.29, 1.82) is 0 Å². The van der Waals surface area contributed by atoms with Gasteiger partial charge in [0.2, 0.25) is 0 Å². The standard InChI is InChI=1S/C12H24ClN3O2S/c1-14(2)12-6-8-15(10-12)19(17,18)16-7-4-3-5-11(16)9-13/h11-12H,3-10H2,1-2H3. The Balaban J connectivity index is 2.09. The summed E-state index contributed by atoms with van der Waals surface area (Å²) in [5, 5.41) is 0. The summed E-state index contributed by atoms with van der Waals surface area (Å²) in [5.41, 5.74) is 0. The van der Waals surface area contributed by atoms with Gasteiger partial charge in [-0.05, 0) is 33.4 Å². The molecule has 5 nitrogen and oxygen atoms in total. The summed E-state index contributed by atoms with van der Waals surface area (Å²) in [5.74, 6) is 0.393. The second-order valence-electron chi connectivity index (χ2n) is 5.69. The number of likely N-dealkylation sites (N-methyl/N-ethyl adjacent to an activating group) is 1. The van der Waals surface area contributed by atoms with E-state index in [-0.39, 0.29) is 6.04 Å².